The van der Waals surface area contributed by atoms with Gasteiger partial charge in [0, 0.05) is 18.6 Å². The van der Waals surface area contributed by atoms with Crippen molar-refractivity contribution in [3.05, 3.63) is 54.1 Å². The van der Waals surface area contributed by atoms with Crippen molar-refractivity contribution in [1.29, 1.82) is 0 Å². The fourth-order valence-corrected chi connectivity index (χ4v) is 4.83. The van der Waals surface area contributed by atoms with Gasteiger partial charge < -0.3 is 5.73 Å². The number of sulfonamides is 1. The van der Waals surface area contributed by atoms with Crippen LogP contribution in [0.4, 0.5) is 0 Å². The van der Waals surface area contributed by atoms with Crippen molar-refractivity contribution in [2.75, 3.05) is 0 Å². The van der Waals surface area contributed by atoms with Gasteiger partial charge in [-0.15, -0.1) is 5.10 Å². The molecule has 0 radical (unpaired) electrons. The summed E-state index contributed by atoms with van der Waals surface area (Å²) in [5.74, 6) is 0. The number of hydrogen-bond acceptors (Lipinski definition) is 5. The van der Waals surface area contributed by atoms with Gasteiger partial charge in [-0.1, -0.05) is 41.6 Å². The van der Waals surface area contributed by atoms with Crippen LogP contribution in [-0.2, 0) is 22.6 Å². The Kier molecular flexibility index (Phi) is 3.64. The molecule has 2 aromatic carbocycles. The van der Waals surface area contributed by atoms with E-state index in [-0.39, 0.29) is 10.9 Å². The molecule has 3 N–H and O–H groups in total. The zero-order valence-electron chi connectivity index (χ0n) is 13.8. The molecule has 0 saturated heterocycles. The number of aromatic nitrogens is 3. The molecule has 130 valence electrons. The molecular weight excluding hydrogens is 338 g/mol. The Bertz CT molecular complexity index is 1020. The third-order valence-electron chi connectivity index (χ3n) is 4.79. The number of nitrogens with one attached hydrogen (secondary N) is 1. The van der Waals surface area contributed by atoms with Crippen LogP contribution in [0.1, 0.15) is 18.4 Å². The molecule has 7 nitrogen and oxygen atoms in total. The molecular formula is C17H19N5O2S. The molecule has 0 unspecified atom stereocenters. The Balaban J connectivity index is 1.55. The summed E-state index contributed by atoms with van der Waals surface area (Å²) in [5.41, 5.74) is 8.00. The second-order valence-corrected chi connectivity index (χ2v) is 8.27. The standard InChI is InChI=1S/C17H19N5O2S/c1-22-14-8-5-9-15(16(14)19-21-22)25(23,24)20-13-10-17(18,11-13)12-6-3-2-4-7-12/h2-9,13,20H,10-11,18H2,1H3. The van der Waals surface area contributed by atoms with Crippen LogP contribution in [-0.4, -0.2) is 29.5 Å². The predicted octanol–water partition coefficient (Wildman–Crippen LogP) is 1.26. The molecule has 4 rings (SSSR count). The molecule has 1 aliphatic rings. The molecule has 1 heterocycles. The zero-order valence-corrected chi connectivity index (χ0v) is 14.6. The van der Waals surface area contributed by atoms with Crippen molar-refractivity contribution in [3.8, 4) is 0 Å². The van der Waals surface area contributed by atoms with Crippen molar-refractivity contribution in [3.63, 3.8) is 0 Å². The molecule has 1 aromatic heterocycles. The molecule has 1 saturated carbocycles. The van der Waals surface area contributed by atoms with E-state index >= 15 is 0 Å². The normalized spacial score (nSPS) is 23.5. The van der Waals surface area contributed by atoms with E-state index in [9.17, 15) is 8.42 Å². The lowest BCUT2D eigenvalue weighted by atomic mass is 9.69. The van der Waals surface area contributed by atoms with E-state index in [4.69, 9.17) is 5.73 Å². The minimum absolute atomic E-state index is 0.146. The van der Waals surface area contributed by atoms with E-state index < -0.39 is 15.6 Å². The van der Waals surface area contributed by atoms with Crippen LogP contribution in [0.5, 0.6) is 0 Å². The highest BCUT2D eigenvalue weighted by Crippen LogP contribution is 2.39. The van der Waals surface area contributed by atoms with E-state index in [0.717, 1.165) is 5.56 Å². The van der Waals surface area contributed by atoms with Gasteiger partial charge in [-0.05, 0) is 30.5 Å². The summed E-state index contributed by atoms with van der Waals surface area (Å²) in [6.07, 6.45) is 1.12. The summed E-state index contributed by atoms with van der Waals surface area (Å²) in [6, 6.07) is 14.6. The molecule has 1 aliphatic carbocycles. The van der Waals surface area contributed by atoms with E-state index in [2.05, 4.69) is 15.0 Å². The van der Waals surface area contributed by atoms with Crippen molar-refractivity contribution >= 4 is 21.1 Å². The second-order valence-electron chi connectivity index (χ2n) is 6.59. The fourth-order valence-electron chi connectivity index (χ4n) is 3.44. The first-order valence-electron chi connectivity index (χ1n) is 8.04. The SMILES string of the molecule is Cn1nnc2c(S(=O)(=O)NC3CC(N)(c4ccccc4)C3)cccc21. The largest absolute Gasteiger partial charge is 0.321 e. The van der Waals surface area contributed by atoms with Crippen molar-refractivity contribution < 1.29 is 8.42 Å². The molecule has 8 heteroatoms. The molecule has 3 aromatic rings. The molecule has 25 heavy (non-hydrogen) atoms. The third-order valence-corrected chi connectivity index (χ3v) is 6.34. The quantitative estimate of drug-likeness (QED) is 0.732. The van der Waals surface area contributed by atoms with E-state index in [1.165, 1.54) is 0 Å². The monoisotopic (exact) mass is 357 g/mol. The van der Waals surface area contributed by atoms with Crippen molar-refractivity contribution in [1.82, 2.24) is 19.7 Å². The summed E-state index contributed by atoms with van der Waals surface area (Å²) in [5, 5.41) is 7.88. The lowest BCUT2D eigenvalue weighted by Gasteiger charge is -2.45. The number of hydrogen-bond donors (Lipinski definition) is 2. The van der Waals surface area contributed by atoms with Gasteiger partial charge >= 0.3 is 0 Å². The van der Waals surface area contributed by atoms with Gasteiger partial charge in [0.15, 0.2) is 0 Å². The smallest absolute Gasteiger partial charge is 0.243 e. The first-order chi connectivity index (χ1) is 11.9. The lowest BCUT2D eigenvalue weighted by Crippen LogP contribution is -2.57. The van der Waals surface area contributed by atoms with Gasteiger partial charge in [-0.2, -0.15) is 0 Å². The van der Waals surface area contributed by atoms with Crippen molar-refractivity contribution in [2.24, 2.45) is 12.8 Å². The van der Waals surface area contributed by atoms with E-state index in [1.807, 2.05) is 30.3 Å². The second kappa shape index (κ2) is 5.62. The molecule has 0 atom stereocenters. The summed E-state index contributed by atoms with van der Waals surface area (Å²) < 4.78 is 29.9. The van der Waals surface area contributed by atoms with Crippen LogP contribution in [0.2, 0.25) is 0 Å². The van der Waals surface area contributed by atoms with Gasteiger partial charge in [0.05, 0.1) is 5.52 Å². The van der Waals surface area contributed by atoms with Gasteiger partial charge in [0.25, 0.3) is 0 Å². The molecule has 0 amide bonds. The van der Waals surface area contributed by atoms with Crippen molar-refractivity contribution in [2.45, 2.75) is 29.3 Å². The van der Waals surface area contributed by atoms with Crippen LogP contribution in [0.15, 0.2) is 53.4 Å². The maximum absolute atomic E-state index is 12.8. The van der Waals surface area contributed by atoms with E-state index in [0.29, 0.717) is 23.9 Å². The number of rotatable bonds is 4. The molecule has 0 spiro atoms. The summed E-state index contributed by atoms with van der Waals surface area (Å²) in [4.78, 5) is 0.146. The van der Waals surface area contributed by atoms with Gasteiger partial charge in [0.1, 0.15) is 10.4 Å². The Morgan fingerprint density at radius 3 is 2.60 bits per heavy atom. The first-order valence-corrected chi connectivity index (χ1v) is 9.52. The van der Waals surface area contributed by atoms with E-state index in [1.54, 1.807) is 29.9 Å². The third kappa shape index (κ3) is 2.72. The van der Waals surface area contributed by atoms with Crippen LogP contribution in [0, 0.1) is 0 Å². The number of nitrogens with zero attached hydrogens (tertiary/aromatic N) is 3. The Hall–Kier alpha value is -2.29. The fraction of sp³-hybridized carbons (Fsp3) is 0.294. The van der Waals surface area contributed by atoms with Crippen LogP contribution < -0.4 is 10.5 Å². The van der Waals surface area contributed by atoms with Crippen LogP contribution in [0.25, 0.3) is 11.0 Å². The van der Waals surface area contributed by atoms with Gasteiger partial charge in [-0.25, -0.2) is 17.8 Å². The summed E-state index contributed by atoms with van der Waals surface area (Å²) in [7, 11) is -1.96. The zero-order chi connectivity index (χ0) is 17.7. The molecule has 0 bridgehead atoms. The van der Waals surface area contributed by atoms with Gasteiger partial charge in [-0.3, -0.25) is 0 Å². The summed E-state index contributed by atoms with van der Waals surface area (Å²) >= 11 is 0. The molecule has 1 fully saturated rings. The highest BCUT2D eigenvalue weighted by atomic mass is 32.2. The average Bonchev–Trinajstić information content (AvgIpc) is 2.95. The first kappa shape index (κ1) is 16.2. The average molecular weight is 357 g/mol. The maximum atomic E-state index is 12.8. The number of fused-ring (bicyclic) bond motifs is 1. The topological polar surface area (TPSA) is 103 Å². The number of aryl methyl sites for hydroxylation is 1. The predicted molar refractivity (Wildman–Crippen MR) is 94.2 cm³/mol. The minimum Gasteiger partial charge on any atom is -0.321 e. The van der Waals surface area contributed by atoms with Gasteiger partial charge in [0.2, 0.25) is 10.0 Å². The molecule has 0 aliphatic heterocycles. The Morgan fingerprint density at radius 1 is 1.16 bits per heavy atom. The maximum Gasteiger partial charge on any atom is 0.243 e. The minimum atomic E-state index is -3.69. The van der Waals surface area contributed by atoms with Crippen LogP contribution >= 0.6 is 0 Å². The van der Waals surface area contributed by atoms with Crippen LogP contribution in [0.3, 0.4) is 0 Å². The number of benzene rings is 2. The number of nitrogens with two attached hydrogens (primary N) is 1. The Labute approximate surface area is 145 Å². The summed E-state index contributed by atoms with van der Waals surface area (Å²) in [6.45, 7) is 0. The highest BCUT2D eigenvalue weighted by Gasteiger charge is 2.44. The Morgan fingerprint density at radius 2 is 1.88 bits per heavy atom. The highest BCUT2D eigenvalue weighted by molar-refractivity contribution is 7.89. The lowest BCUT2D eigenvalue weighted by molar-refractivity contribution is 0.197.